The number of hydrogen-bond donors (Lipinski definition) is 2. The number of fused-ring (bicyclic) bond motifs is 1. The average molecular weight is 384 g/mol. The molecule has 4 aromatic rings. The topological polar surface area (TPSA) is 79.0 Å². The lowest BCUT2D eigenvalue weighted by molar-refractivity contribution is 0.414. The van der Waals surface area contributed by atoms with E-state index in [1.165, 1.54) is 11.1 Å². The highest BCUT2D eigenvalue weighted by molar-refractivity contribution is 5.66. The fourth-order valence-corrected chi connectivity index (χ4v) is 3.51. The van der Waals surface area contributed by atoms with Crippen LogP contribution in [0.1, 0.15) is 11.1 Å². The van der Waals surface area contributed by atoms with Crippen LogP contribution >= 0.6 is 0 Å². The first kappa shape index (κ1) is 17.2. The fraction of sp³-hybridized carbons (Fsp3) is 0.136. The maximum atomic E-state index is 5.33. The first-order valence-electron chi connectivity index (χ1n) is 9.38. The second kappa shape index (κ2) is 7.27. The van der Waals surface area contributed by atoms with Gasteiger partial charge in [0.05, 0.1) is 13.3 Å². The molecule has 0 radical (unpaired) electrons. The molecule has 0 unspecified atom stereocenters. The zero-order valence-corrected chi connectivity index (χ0v) is 16.0. The normalized spacial score (nSPS) is 12.7. The number of anilines is 3. The monoisotopic (exact) mass is 384 g/mol. The summed E-state index contributed by atoms with van der Waals surface area (Å²) < 4.78 is 5.33. The summed E-state index contributed by atoms with van der Waals surface area (Å²) in [7, 11) is 1.69. The second-order valence-electron chi connectivity index (χ2n) is 6.92. The summed E-state index contributed by atoms with van der Waals surface area (Å²) in [6, 6.07) is 16.2. The van der Waals surface area contributed by atoms with Crippen molar-refractivity contribution in [1.82, 2.24) is 20.2 Å². The van der Waals surface area contributed by atoms with Gasteiger partial charge >= 0.3 is 0 Å². The van der Waals surface area contributed by atoms with E-state index in [9.17, 15) is 0 Å². The van der Waals surface area contributed by atoms with Gasteiger partial charge in [-0.25, -0.2) is 4.98 Å². The number of ether oxygens (including phenoxy) is 1. The van der Waals surface area contributed by atoms with Crippen molar-refractivity contribution in [2.24, 2.45) is 0 Å². The van der Waals surface area contributed by atoms with E-state index < -0.39 is 0 Å². The summed E-state index contributed by atoms with van der Waals surface area (Å²) in [6.07, 6.45) is 5.47. The van der Waals surface area contributed by atoms with Gasteiger partial charge in [-0.2, -0.15) is 10.1 Å². The zero-order chi connectivity index (χ0) is 19.6. The van der Waals surface area contributed by atoms with Gasteiger partial charge in [-0.3, -0.25) is 5.10 Å². The van der Waals surface area contributed by atoms with E-state index in [4.69, 9.17) is 9.72 Å². The molecule has 5 rings (SSSR count). The molecular weight excluding hydrogens is 364 g/mol. The molecule has 7 nitrogen and oxygen atoms in total. The van der Waals surface area contributed by atoms with Gasteiger partial charge in [-0.15, -0.1) is 0 Å². The predicted octanol–water partition coefficient (Wildman–Crippen LogP) is 4.14. The molecule has 144 valence electrons. The van der Waals surface area contributed by atoms with Gasteiger partial charge < -0.3 is 15.0 Å². The van der Waals surface area contributed by atoms with Crippen molar-refractivity contribution < 1.29 is 4.74 Å². The van der Waals surface area contributed by atoms with E-state index >= 15 is 0 Å². The highest BCUT2D eigenvalue weighted by atomic mass is 16.5. The van der Waals surface area contributed by atoms with Crippen LogP contribution < -0.4 is 15.0 Å². The van der Waals surface area contributed by atoms with Gasteiger partial charge in [-0.05, 0) is 47.0 Å². The van der Waals surface area contributed by atoms with E-state index in [2.05, 4.69) is 49.7 Å². The second-order valence-corrected chi connectivity index (χ2v) is 6.92. The van der Waals surface area contributed by atoms with Crippen LogP contribution in [0.4, 0.5) is 17.5 Å². The van der Waals surface area contributed by atoms with Crippen molar-refractivity contribution in [2.75, 3.05) is 17.3 Å². The average Bonchev–Trinajstić information content (AvgIpc) is 3.44. The Kier molecular flexibility index (Phi) is 4.32. The Bertz CT molecular complexity index is 1120. The quantitative estimate of drug-likeness (QED) is 0.538. The molecule has 7 heteroatoms. The molecule has 2 aromatic carbocycles. The van der Waals surface area contributed by atoms with Gasteiger partial charge in [0.2, 0.25) is 5.95 Å². The Hall–Kier alpha value is -3.87. The number of aromatic amines is 1. The first-order valence-corrected chi connectivity index (χ1v) is 9.38. The molecular formula is C22H20N6O. The third-order valence-electron chi connectivity index (χ3n) is 5.05. The molecule has 1 aliphatic rings. The van der Waals surface area contributed by atoms with E-state index in [0.717, 1.165) is 41.5 Å². The minimum Gasteiger partial charge on any atom is -0.497 e. The van der Waals surface area contributed by atoms with Gasteiger partial charge in [0, 0.05) is 36.7 Å². The summed E-state index contributed by atoms with van der Waals surface area (Å²) >= 11 is 0. The zero-order valence-electron chi connectivity index (χ0n) is 16.0. The van der Waals surface area contributed by atoms with E-state index in [1.807, 2.05) is 36.7 Å². The molecule has 29 heavy (non-hydrogen) atoms. The van der Waals surface area contributed by atoms with Crippen molar-refractivity contribution in [3.63, 3.8) is 0 Å². The van der Waals surface area contributed by atoms with Crippen LogP contribution in [0, 0.1) is 0 Å². The highest BCUT2D eigenvalue weighted by Gasteiger charge is 2.21. The van der Waals surface area contributed by atoms with Crippen molar-refractivity contribution in [2.45, 2.75) is 13.1 Å². The predicted molar refractivity (Wildman–Crippen MR) is 112 cm³/mol. The van der Waals surface area contributed by atoms with E-state index in [1.54, 1.807) is 13.3 Å². The van der Waals surface area contributed by atoms with Gasteiger partial charge in [0.25, 0.3) is 0 Å². The molecule has 2 N–H and O–H groups in total. The standard InChI is InChI=1S/C22H20N6O/c1-29-20-7-4-16-13-28(14-17(16)10-20)22-23-9-8-21(27-22)26-19-5-2-15(3-6-19)18-11-24-25-12-18/h2-12H,13-14H2,1H3,(H,24,25)(H,23,26,27). The molecule has 2 aromatic heterocycles. The molecule has 1 aliphatic heterocycles. The van der Waals surface area contributed by atoms with Gasteiger partial charge in [-0.1, -0.05) is 18.2 Å². The Labute approximate surface area is 168 Å². The molecule has 0 aliphatic carbocycles. The molecule has 0 spiro atoms. The molecule has 0 saturated heterocycles. The Morgan fingerprint density at radius 3 is 2.66 bits per heavy atom. The van der Waals surface area contributed by atoms with E-state index in [0.29, 0.717) is 5.95 Å². The maximum Gasteiger partial charge on any atom is 0.227 e. The summed E-state index contributed by atoms with van der Waals surface area (Å²) in [6.45, 7) is 1.57. The van der Waals surface area contributed by atoms with Crippen LogP contribution in [0.5, 0.6) is 5.75 Å². The van der Waals surface area contributed by atoms with Crippen LogP contribution in [0.3, 0.4) is 0 Å². The summed E-state index contributed by atoms with van der Waals surface area (Å²) in [4.78, 5) is 11.3. The molecule has 0 atom stereocenters. The van der Waals surface area contributed by atoms with Crippen LogP contribution in [0.15, 0.2) is 67.1 Å². The summed E-state index contributed by atoms with van der Waals surface area (Å²) in [5, 5.41) is 10.2. The fourth-order valence-electron chi connectivity index (χ4n) is 3.51. The van der Waals surface area contributed by atoms with E-state index in [-0.39, 0.29) is 0 Å². The number of nitrogens with one attached hydrogen (secondary N) is 2. The molecule has 0 saturated carbocycles. The Morgan fingerprint density at radius 1 is 1.00 bits per heavy atom. The van der Waals surface area contributed by atoms with Crippen LogP contribution in [-0.2, 0) is 13.1 Å². The number of aromatic nitrogens is 4. The summed E-state index contributed by atoms with van der Waals surface area (Å²) in [5.41, 5.74) is 5.67. The maximum absolute atomic E-state index is 5.33. The van der Waals surface area contributed by atoms with Crippen molar-refractivity contribution >= 4 is 17.5 Å². The first-order chi connectivity index (χ1) is 14.3. The third kappa shape index (κ3) is 3.50. The number of methoxy groups -OCH3 is 1. The lowest BCUT2D eigenvalue weighted by atomic mass is 10.1. The minimum atomic E-state index is 0.709. The van der Waals surface area contributed by atoms with Crippen LogP contribution in [0.25, 0.3) is 11.1 Å². The number of rotatable bonds is 5. The number of benzene rings is 2. The largest absolute Gasteiger partial charge is 0.497 e. The molecule has 0 fully saturated rings. The highest BCUT2D eigenvalue weighted by Crippen LogP contribution is 2.29. The number of nitrogens with zero attached hydrogens (tertiary/aromatic N) is 4. The van der Waals surface area contributed by atoms with Crippen LogP contribution in [-0.4, -0.2) is 27.3 Å². The molecule has 0 amide bonds. The Balaban J connectivity index is 1.31. The van der Waals surface area contributed by atoms with Crippen molar-refractivity contribution in [3.05, 3.63) is 78.2 Å². The lowest BCUT2D eigenvalue weighted by Crippen LogP contribution is -2.17. The third-order valence-corrected chi connectivity index (χ3v) is 5.05. The smallest absolute Gasteiger partial charge is 0.227 e. The number of hydrogen-bond acceptors (Lipinski definition) is 6. The lowest BCUT2D eigenvalue weighted by Gasteiger charge is -2.16. The van der Waals surface area contributed by atoms with Crippen molar-refractivity contribution in [1.29, 1.82) is 0 Å². The van der Waals surface area contributed by atoms with Gasteiger partial charge in [0.1, 0.15) is 11.6 Å². The minimum absolute atomic E-state index is 0.709. The Morgan fingerprint density at radius 2 is 1.86 bits per heavy atom. The van der Waals surface area contributed by atoms with Crippen molar-refractivity contribution in [3.8, 4) is 16.9 Å². The van der Waals surface area contributed by atoms with Crippen LogP contribution in [0.2, 0.25) is 0 Å². The van der Waals surface area contributed by atoms with Gasteiger partial charge in [0.15, 0.2) is 0 Å². The summed E-state index contributed by atoms with van der Waals surface area (Å²) in [5.74, 6) is 2.35. The molecule has 0 bridgehead atoms. The molecule has 3 heterocycles. The number of H-pyrrole nitrogens is 1. The SMILES string of the molecule is COc1ccc2c(c1)CN(c1nccc(Nc3ccc(-c4cn[nH]c4)cc3)n1)C2.